The first-order valence-corrected chi connectivity index (χ1v) is 10.3. The molecule has 0 bridgehead atoms. The van der Waals surface area contributed by atoms with Gasteiger partial charge in [0, 0.05) is 0 Å². The Hall–Kier alpha value is -3.13. The van der Waals surface area contributed by atoms with Crippen molar-refractivity contribution >= 4 is 27.3 Å². The topological polar surface area (TPSA) is 93.2 Å². The molecule has 1 heterocycles. The first-order valence-electron chi connectivity index (χ1n) is 8.79. The van der Waals surface area contributed by atoms with Gasteiger partial charge in [0.1, 0.15) is 5.75 Å². The molecular weight excluding hydrogens is 376 g/mol. The Bertz CT molecular complexity index is 1030. The Labute approximate surface area is 164 Å². The molecule has 1 aromatic heterocycles. The molecule has 2 aromatic carbocycles. The highest BCUT2D eigenvalue weighted by Crippen LogP contribution is 2.27. The summed E-state index contributed by atoms with van der Waals surface area (Å²) in [4.78, 5) is 0.168. The van der Waals surface area contributed by atoms with E-state index in [4.69, 9.17) is 4.74 Å². The molecule has 0 atom stereocenters. The fourth-order valence-corrected chi connectivity index (χ4v) is 3.43. The van der Waals surface area contributed by atoms with Crippen molar-refractivity contribution in [1.29, 1.82) is 0 Å². The molecule has 0 radical (unpaired) electrons. The van der Waals surface area contributed by atoms with Gasteiger partial charge in [-0.25, -0.2) is 8.42 Å². The van der Waals surface area contributed by atoms with Crippen molar-refractivity contribution in [2.24, 2.45) is 0 Å². The van der Waals surface area contributed by atoms with Crippen molar-refractivity contribution < 1.29 is 13.2 Å². The predicted molar refractivity (Wildman–Crippen MR) is 110 cm³/mol. The molecule has 7 nitrogen and oxygen atoms in total. The highest BCUT2D eigenvalue weighted by molar-refractivity contribution is 7.92. The van der Waals surface area contributed by atoms with Crippen molar-refractivity contribution in [3.63, 3.8) is 0 Å². The van der Waals surface area contributed by atoms with Gasteiger partial charge >= 0.3 is 0 Å². The summed E-state index contributed by atoms with van der Waals surface area (Å²) in [6, 6.07) is 17.3. The Morgan fingerprint density at radius 1 is 0.893 bits per heavy atom. The fourth-order valence-electron chi connectivity index (χ4n) is 2.43. The van der Waals surface area contributed by atoms with Gasteiger partial charge in [0.05, 0.1) is 16.7 Å². The first kappa shape index (κ1) is 19.6. The number of ether oxygens (including phenoxy) is 1. The lowest BCUT2D eigenvalue weighted by Crippen LogP contribution is -2.14. The van der Waals surface area contributed by atoms with Gasteiger partial charge in [0.2, 0.25) is 0 Å². The number of nitrogens with one attached hydrogen (secondary N) is 2. The maximum atomic E-state index is 12.4. The molecule has 0 fully saturated rings. The van der Waals surface area contributed by atoms with E-state index in [9.17, 15) is 8.42 Å². The number of nitrogens with zero attached hydrogens (tertiary/aromatic N) is 2. The number of aromatic nitrogens is 2. The van der Waals surface area contributed by atoms with Gasteiger partial charge in [-0.2, -0.15) is 0 Å². The number of sulfonamides is 1. The number of aryl methyl sites for hydroxylation is 1. The third-order valence-corrected chi connectivity index (χ3v) is 5.12. The van der Waals surface area contributed by atoms with E-state index in [1.807, 2.05) is 45.0 Å². The molecule has 3 rings (SSSR count). The molecule has 3 aromatic rings. The van der Waals surface area contributed by atoms with Crippen LogP contribution in [0.2, 0.25) is 0 Å². The minimum Gasteiger partial charge on any atom is -0.489 e. The average Bonchev–Trinajstić information content (AvgIpc) is 2.65. The molecule has 0 spiro atoms. The number of hydrogen-bond donors (Lipinski definition) is 2. The Morgan fingerprint density at radius 3 is 2.18 bits per heavy atom. The lowest BCUT2D eigenvalue weighted by atomic mass is 10.2. The van der Waals surface area contributed by atoms with Crippen LogP contribution in [0.5, 0.6) is 5.75 Å². The van der Waals surface area contributed by atoms with E-state index < -0.39 is 10.0 Å². The second-order valence-corrected chi connectivity index (χ2v) is 8.19. The molecular formula is C20H22N4O3S. The highest BCUT2D eigenvalue weighted by atomic mass is 32.2. The lowest BCUT2D eigenvalue weighted by molar-refractivity contribution is 0.244. The summed E-state index contributed by atoms with van der Waals surface area (Å²) < 4.78 is 33.0. The van der Waals surface area contributed by atoms with Crippen LogP contribution < -0.4 is 14.8 Å². The maximum Gasteiger partial charge on any atom is 0.263 e. The monoisotopic (exact) mass is 398 g/mol. The number of benzene rings is 2. The molecule has 0 saturated carbocycles. The predicted octanol–water partition coefficient (Wildman–Crippen LogP) is 4.12. The van der Waals surface area contributed by atoms with E-state index in [1.54, 1.807) is 36.4 Å². The third-order valence-electron chi connectivity index (χ3n) is 3.75. The van der Waals surface area contributed by atoms with E-state index >= 15 is 0 Å². The molecule has 0 saturated heterocycles. The number of hydrogen-bond acceptors (Lipinski definition) is 6. The summed E-state index contributed by atoms with van der Waals surface area (Å²) in [5.74, 6) is 1.30. The van der Waals surface area contributed by atoms with E-state index in [-0.39, 0.29) is 16.8 Å². The number of rotatable bonds is 7. The van der Waals surface area contributed by atoms with E-state index in [2.05, 4.69) is 20.2 Å². The maximum absolute atomic E-state index is 12.4. The van der Waals surface area contributed by atoms with Gasteiger partial charge in [0.25, 0.3) is 10.0 Å². The van der Waals surface area contributed by atoms with Crippen LogP contribution in [0.3, 0.4) is 0 Å². The molecule has 28 heavy (non-hydrogen) atoms. The smallest absolute Gasteiger partial charge is 0.263 e. The molecule has 146 valence electrons. The van der Waals surface area contributed by atoms with Crippen LogP contribution in [0.1, 0.15) is 19.4 Å². The minimum atomic E-state index is -3.71. The molecule has 0 unspecified atom stereocenters. The Morgan fingerprint density at radius 2 is 1.54 bits per heavy atom. The van der Waals surface area contributed by atoms with Crippen LogP contribution in [0, 0.1) is 6.92 Å². The minimum absolute atomic E-state index is 0.0348. The fraction of sp³-hybridized carbons (Fsp3) is 0.200. The Kier molecular flexibility index (Phi) is 5.79. The van der Waals surface area contributed by atoms with Crippen LogP contribution in [0.25, 0.3) is 0 Å². The summed E-state index contributed by atoms with van der Waals surface area (Å²) in [7, 11) is -3.71. The summed E-state index contributed by atoms with van der Waals surface area (Å²) in [5.41, 5.74) is 1.73. The van der Waals surface area contributed by atoms with Crippen molar-refractivity contribution in [2.75, 3.05) is 10.0 Å². The summed E-state index contributed by atoms with van der Waals surface area (Å²) >= 11 is 0. The average molecular weight is 398 g/mol. The summed E-state index contributed by atoms with van der Waals surface area (Å²) in [5, 5.41) is 11.1. The van der Waals surface area contributed by atoms with E-state index in [0.29, 0.717) is 11.6 Å². The van der Waals surface area contributed by atoms with Crippen LogP contribution in [-0.2, 0) is 10.0 Å². The van der Waals surface area contributed by atoms with Crippen LogP contribution in [0.15, 0.2) is 65.6 Å². The highest BCUT2D eigenvalue weighted by Gasteiger charge is 2.15. The summed E-state index contributed by atoms with van der Waals surface area (Å²) in [6.45, 7) is 5.79. The zero-order valence-corrected chi connectivity index (χ0v) is 16.7. The molecule has 0 amide bonds. The normalized spacial score (nSPS) is 11.3. The standard InChI is InChI=1S/C20H22N4O3S/c1-14(2)27-18-7-5-4-6-17(18)21-19-12-13-20(23-22-19)24-28(25,26)16-10-8-15(3)9-11-16/h4-14H,1-3H3,(H,21,22)(H,23,24). The van der Waals surface area contributed by atoms with Crippen molar-refractivity contribution in [3.8, 4) is 5.75 Å². The zero-order valence-electron chi connectivity index (χ0n) is 15.9. The zero-order chi connectivity index (χ0) is 20.1. The van der Waals surface area contributed by atoms with Gasteiger partial charge in [0.15, 0.2) is 11.6 Å². The molecule has 0 aliphatic heterocycles. The van der Waals surface area contributed by atoms with Gasteiger partial charge < -0.3 is 10.1 Å². The Balaban J connectivity index is 1.73. The van der Waals surface area contributed by atoms with E-state index in [1.165, 1.54) is 0 Å². The second kappa shape index (κ2) is 8.26. The molecule has 2 N–H and O–H groups in total. The third kappa shape index (κ3) is 4.98. The number of para-hydroxylation sites is 2. The van der Waals surface area contributed by atoms with Crippen molar-refractivity contribution in [1.82, 2.24) is 10.2 Å². The van der Waals surface area contributed by atoms with Crippen LogP contribution in [-0.4, -0.2) is 24.7 Å². The molecule has 0 aliphatic rings. The van der Waals surface area contributed by atoms with Crippen molar-refractivity contribution in [2.45, 2.75) is 31.8 Å². The van der Waals surface area contributed by atoms with Gasteiger partial charge in [-0.05, 0) is 57.2 Å². The first-order chi connectivity index (χ1) is 13.3. The van der Waals surface area contributed by atoms with Gasteiger partial charge in [-0.3, -0.25) is 4.72 Å². The summed E-state index contributed by atoms with van der Waals surface area (Å²) in [6.07, 6.45) is 0.0348. The van der Waals surface area contributed by atoms with E-state index in [0.717, 1.165) is 11.3 Å². The molecule has 0 aliphatic carbocycles. The van der Waals surface area contributed by atoms with Crippen molar-refractivity contribution in [3.05, 3.63) is 66.2 Å². The van der Waals surface area contributed by atoms with Crippen LogP contribution in [0.4, 0.5) is 17.3 Å². The molecule has 8 heteroatoms. The second-order valence-electron chi connectivity index (χ2n) is 6.51. The van der Waals surface area contributed by atoms with Gasteiger partial charge in [-0.1, -0.05) is 29.8 Å². The van der Waals surface area contributed by atoms with Gasteiger partial charge in [-0.15, -0.1) is 10.2 Å². The lowest BCUT2D eigenvalue weighted by Gasteiger charge is -2.15. The quantitative estimate of drug-likeness (QED) is 0.622. The SMILES string of the molecule is Cc1ccc(S(=O)(=O)Nc2ccc(Nc3ccccc3OC(C)C)nn2)cc1. The van der Waals surface area contributed by atoms with Crippen LogP contribution >= 0.6 is 0 Å². The largest absolute Gasteiger partial charge is 0.489 e. The number of anilines is 3.